The highest BCUT2D eigenvalue weighted by atomic mass is 35.5. The first-order chi connectivity index (χ1) is 6.43. The lowest BCUT2D eigenvalue weighted by atomic mass is 10.5. The Morgan fingerprint density at radius 2 is 1.59 bits per heavy atom. The van der Waals surface area contributed by atoms with E-state index in [0.717, 1.165) is 0 Å². The number of hydrogen-bond donors (Lipinski definition) is 2. The van der Waals surface area contributed by atoms with Gasteiger partial charge in [0.25, 0.3) is 10.6 Å². The molecule has 0 aromatic heterocycles. The first-order valence-corrected chi connectivity index (χ1v) is 6.01. The molecule has 2 unspecified atom stereocenters. The van der Waals surface area contributed by atoms with Gasteiger partial charge in [-0.05, 0) is 13.8 Å². The van der Waals surface area contributed by atoms with Crippen LogP contribution in [0.5, 0.6) is 0 Å². The molecule has 0 saturated carbocycles. The summed E-state index contributed by atoms with van der Waals surface area (Å²) < 4.78 is 0. The Hall–Kier alpha value is 1.07. The summed E-state index contributed by atoms with van der Waals surface area (Å²) in [5.41, 5.74) is 2.07. The van der Waals surface area contributed by atoms with E-state index < -0.39 is 0 Å². The van der Waals surface area contributed by atoms with Gasteiger partial charge in [-0.25, -0.2) is 0 Å². The van der Waals surface area contributed by atoms with Gasteiger partial charge in [0.15, 0.2) is 0 Å². The molecule has 1 aliphatic heterocycles. The van der Waals surface area contributed by atoms with Crippen LogP contribution in [0.3, 0.4) is 0 Å². The van der Waals surface area contributed by atoms with Crippen LogP contribution in [0.2, 0.25) is 0 Å². The summed E-state index contributed by atoms with van der Waals surface area (Å²) in [6.07, 6.45) is -0.350. The first-order valence-electron chi connectivity index (χ1n) is 4.23. The zero-order chi connectivity index (χ0) is 11.6. The molecule has 1 aliphatic rings. The fourth-order valence-electron chi connectivity index (χ4n) is 0.0546. The minimum Gasteiger partial charge on any atom is -1.00 e. The molecule has 0 aromatic rings. The van der Waals surface area contributed by atoms with Gasteiger partial charge in [-0.2, -0.15) is 0 Å². The van der Waals surface area contributed by atoms with Crippen LogP contribution in [0.25, 0.3) is 0 Å². The predicted molar refractivity (Wildman–Crippen MR) is 69.4 cm³/mol. The maximum absolute atomic E-state index is 8.23. The van der Waals surface area contributed by atoms with E-state index in [1.165, 1.54) is 5.03 Å². The van der Waals surface area contributed by atoms with E-state index in [4.69, 9.17) is 33.4 Å². The van der Waals surface area contributed by atoms with Gasteiger partial charge in [0, 0.05) is 12.8 Å². The van der Waals surface area contributed by atoms with E-state index in [9.17, 15) is 0 Å². The van der Waals surface area contributed by atoms with E-state index in [1.807, 2.05) is 0 Å². The molecule has 110 valence electrons. The van der Waals surface area contributed by atoms with E-state index in [1.54, 1.807) is 13.8 Å². The van der Waals surface area contributed by atoms with Crippen molar-refractivity contribution in [3.8, 4) is 0 Å². The number of aliphatic hydroxyl groups excluding tert-OH is 2. The Bertz CT molecular complexity index is 146. The average molecular weight is 355 g/mol. The molecule has 0 aromatic carbocycles. The molecule has 4 N–H and O–H groups in total. The Labute approximate surface area is 129 Å². The van der Waals surface area contributed by atoms with E-state index in [2.05, 4.69) is 23.3 Å². The number of hydrogen-bond acceptors (Lipinski definition) is 2. The van der Waals surface area contributed by atoms with Crippen molar-refractivity contribution in [3.63, 3.8) is 0 Å². The fraction of sp³-hybridized carbons (Fsp3) is 0.778. The van der Waals surface area contributed by atoms with Crippen LogP contribution in [0.15, 0.2) is 10.6 Å². The molecule has 17 heavy (non-hydrogen) atoms. The second kappa shape index (κ2) is 22.3. The average Bonchev–Trinajstić information content (AvgIpc) is 2.89. The van der Waals surface area contributed by atoms with Crippen molar-refractivity contribution >= 4 is 35.6 Å². The zero-order valence-corrected chi connectivity index (χ0v) is 13.8. The number of alkyl halides is 2. The highest BCUT2D eigenvalue weighted by Gasteiger charge is 2.22. The van der Waals surface area contributed by atoms with Gasteiger partial charge in [-0.1, -0.05) is 0 Å². The molecule has 0 spiro atoms. The molecule has 3 nitrogen and oxygen atoms in total. The molecule has 0 saturated heterocycles. The second-order valence-corrected chi connectivity index (χ2v) is 4.86. The van der Waals surface area contributed by atoms with Crippen molar-refractivity contribution in [2.24, 2.45) is 0 Å². The van der Waals surface area contributed by atoms with E-state index in [-0.39, 0.29) is 48.4 Å². The van der Waals surface area contributed by atoms with Crippen LogP contribution in [0.1, 0.15) is 20.8 Å². The van der Waals surface area contributed by atoms with E-state index in [0.29, 0.717) is 5.88 Å². The molecule has 0 bridgehead atoms. The van der Waals surface area contributed by atoms with Gasteiger partial charge in [0.1, 0.15) is 0 Å². The minimum absolute atomic E-state index is 0. The summed E-state index contributed by atoms with van der Waals surface area (Å²) in [5.74, 6) is 0.333. The Balaban J connectivity index is -0.0000000390. The fourth-order valence-corrected chi connectivity index (χ4v) is 0.164. The van der Waals surface area contributed by atoms with Crippen molar-refractivity contribution in [1.82, 2.24) is 0 Å². The summed E-state index contributed by atoms with van der Waals surface area (Å²) in [6.45, 7) is 5.53. The van der Waals surface area contributed by atoms with Crippen molar-refractivity contribution in [2.75, 3.05) is 12.5 Å². The van der Waals surface area contributed by atoms with Crippen LogP contribution < -0.4 is 12.4 Å². The molecule has 0 fully saturated rings. The van der Waals surface area contributed by atoms with Crippen molar-refractivity contribution in [3.05, 3.63) is 10.6 Å². The van der Waals surface area contributed by atoms with Gasteiger partial charge in [-0.3, -0.25) is 0 Å². The Morgan fingerprint density at radius 1 is 1.41 bits per heavy atom. The molecular weight excluding hydrogens is 333 g/mol. The standard InChI is InChI=1S/2C3H7ClO.C3H4Cl.2ClH.H2O/c1-3(4)2-5;1-3(5)2-4;1-3-2-4-3;;;/h2*3,5H,2H2,1H3;2H,1H3;2*1H;1H2/q;;+1;;;/p-1. The van der Waals surface area contributed by atoms with Gasteiger partial charge >= 0.3 is 0 Å². The van der Waals surface area contributed by atoms with Crippen molar-refractivity contribution < 1.29 is 38.9 Å². The summed E-state index contributed by atoms with van der Waals surface area (Å²) in [6, 6.07) is 0. The lowest BCUT2D eigenvalue weighted by molar-refractivity contribution is -0.446. The van der Waals surface area contributed by atoms with Crippen LogP contribution in [0, 0.1) is 10.8 Å². The molecule has 0 amide bonds. The van der Waals surface area contributed by atoms with Gasteiger partial charge in [0.2, 0.25) is 10.8 Å². The largest absolute Gasteiger partial charge is 1.00 e. The van der Waals surface area contributed by atoms with Gasteiger partial charge in [0.05, 0.1) is 18.1 Å². The highest BCUT2D eigenvalue weighted by molar-refractivity contribution is 6.20. The van der Waals surface area contributed by atoms with Crippen LogP contribution >= 0.6 is 35.6 Å². The van der Waals surface area contributed by atoms with Crippen molar-refractivity contribution in [1.29, 1.82) is 0 Å². The molecular formula is C9H21Cl5O3. The SMILES string of the molecule is CC(Cl)CO.CC(O)CCl.CC1=C[Cl+]1.Cl.O.[Cl-]. The molecule has 8 heteroatoms. The smallest absolute Gasteiger partial charge is 0.267 e. The van der Waals surface area contributed by atoms with E-state index >= 15 is 0 Å². The number of rotatable bonds is 2. The van der Waals surface area contributed by atoms with Crippen LogP contribution in [0.4, 0.5) is 0 Å². The van der Waals surface area contributed by atoms with Crippen LogP contribution in [-0.4, -0.2) is 39.7 Å². The van der Waals surface area contributed by atoms with Crippen LogP contribution in [-0.2, 0) is 0 Å². The molecule has 0 radical (unpaired) electrons. The second-order valence-electron chi connectivity index (χ2n) is 2.77. The summed E-state index contributed by atoms with van der Waals surface area (Å²) in [5, 5.41) is 17.6. The zero-order valence-electron chi connectivity index (χ0n) is 9.96. The third kappa shape index (κ3) is 59.5. The normalized spacial score (nSPS) is 13.5. The van der Waals surface area contributed by atoms with Gasteiger partial charge < -0.3 is 28.1 Å². The molecule has 1 rings (SSSR count). The topological polar surface area (TPSA) is 72.0 Å². The maximum Gasteiger partial charge on any atom is 0.267 e. The molecule has 0 aliphatic carbocycles. The quantitative estimate of drug-likeness (QED) is 0.609. The maximum atomic E-state index is 8.23. The lowest BCUT2D eigenvalue weighted by Gasteiger charge is -1.88. The van der Waals surface area contributed by atoms with Gasteiger partial charge in [-0.15, -0.1) is 35.6 Å². The third-order valence-electron chi connectivity index (χ3n) is 0.802. The number of halogens is 5. The monoisotopic (exact) mass is 352 g/mol. The number of aliphatic hydroxyl groups is 2. The minimum atomic E-state index is -0.350. The third-order valence-corrected chi connectivity index (χ3v) is 2.04. The predicted octanol–water partition coefficient (Wildman–Crippen LogP) is -1.24. The van der Waals surface area contributed by atoms with Crippen molar-refractivity contribution in [2.45, 2.75) is 32.3 Å². The first kappa shape index (κ1) is 30.8. The Kier molecular flexibility index (Phi) is 40.4. The summed E-state index contributed by atoms with van der Waals surface area (Å²) in [7, 11) is 2.17. The Morgan fingerprint density at radius 3 is 1.59 bits per heavy atom. The highest BCUT2D eigenvalue weighted by Crippen LogP contribution is 2.10. The molecule has 2 atom stereocenters. The molecule has 1 heterocycles. The summed E-state index contributed by atoms with van der Waals surface area (Å²) in [4.78, 5) is 0. The summed E-state index contributed by atoms with van der Waals surface area (Å²) >= 11 is 10.3. The number of allylic oxidation sites excluding steroid dienone is 1. The lowest BCUT2D eigenvalue weighted by Crippen LogP contribution is -3.00.